The number of aromatic hydroxyl groups is 1. The number of Topliss-reactive ketones (excluding diaryl/α,β-unsaturated/α-hetero) is 1. The summed E-state index contributed by atoms with van der Waals surface area (Å²) >= 11 is 0. The molecular weight excluding hydrogens is 343 g/mol. The predicted molar refractivity (Wildman–Crippen MR) is 91.9 cm³/mol. The summed E-state index contributed by atoms with van der Waals surface area (Å²) in [4.78, 5) is 23.6. The van der Waals surface area contributed by atoms with Gasteiger partial charge in [-0.25, -0.2) is 9.18 Å². The topological polar surface area (TPSA) is 82.1 Å². The zero-order valence-electron chi connectivity index (χ0n) is 14.2. The lowest BCUT2D eigenvalue weighted by atomic mass is 10.1. The van der Waals surface area contributed by atoms with Gasteiger partial charge in [0.15, 0.2) is 35.5 Å². The van der Waals surface area contributed by atoms with Gasteiger partial charge in [-0.05, 0) is 42.0 Å². The number of carbonyl (C=O) groups excluding carboxylic acids is 2. The van der Waals surface area contributed by atoms with Crippen LogP contribution in [0, 0.1) is 5.82 Å². The number of rotatable bonds is 7. The molecule has 0 spiro atoms. The van der Waals surface area contributed by atoms with Gasteiger partial charge in [-0.15, -0.1) is 0 Å². The molecule has 0 saturated carbocycles. The molecule has 0 unspecified atom stereocenters. The summed E-state index contributed by atoms with van der Waals surface area (Å²) in [7, 11) is 2.72. The van der Waals surface area contributed by atoms with Crippen LogP contribution in [0.1, 0.15) is 15.9 Å². The minimum absolute atomic E-state index is 0.0193. The first kappa shape index (κ1) is 19.0. The SMILES string of the molecule is COc1cc(/C=C/C(=O)OCC(=O)c2ccc(OC)c(F)c2)ccc1O. The van der Waals surface area contributed by atoms with Gasteiger partial charge in [0, 0.05) is 11.6 Å². The van der Waals surface area contributed by atoms with Crippen LogP contribution in [-0.4, -0.2) is 37.7 Å². The van der Waals surface area contributed by atoms with Crippen molar-refractivity contribution in [2.75, 3.05) is 20.8 Å². The first-order valence-corrected chi connectivity index (χ1v) is 7.53. The molecule has 0 amide bonds. The number of ether oxygens (including phenoxy) is 3. The van der Waals surface area contributed by atoms with Gasteiger partial charge in [0.05, 0.1) is 14.2 Å². The van der Waals surface area contributed by atoms with Crippen molar-refractivity contribution in [3.8, 4) is 17.2 Å². The fourth-order valence-electron chi connectivity index (χ4n) is 2.07. The molecule has 0 bridgehead atoms. The lowest BCUT2D eigenvalue weighted by molar-refractivity contribution is -0.136. The molecule has 0 aliphatic rings. The lowest BCUT2D eigenvalue weighted by Gasteiger charge is -2.05. The van der Waals surface area contributed by atoms with Crippen molar-refractivity contribution in [3.63, 3.8) is 0 Å². The summed E-state index contributed by atoms with van der Waals surface area (Å²) in [6.45, 7) is -0.520. The second kappa shape index (κ2) is 8.66. The molecule has 26 heavy (non-hydrogen) atoms. The molecule has 2 aromatic rings. The van der Waals surface area contributed by atoms with E-state index in [0.717, 1.165) is 12.1 Å². The summed E-state index contributed by atoms with van der Waals surface area (Å²) in [5.41, 5.74) is 0.670. The Bertz CT molecular complexity index is 844. The van der Waals surface area contributed by atoms with Crippen LogP contribution in [0.15, 0.2) is 42.5 Å². The molecule has 136 valence electrons. The van der Waals surface area contributed by atoms with Crippen molar-refractivity contribution in [3.05, 3.63) is 59.4 Å². The van der Waals surface area contributed by atoms with Crippen LogP contribution in [0.5, 0.6) is 17.2 Å². The molecule has 1 N–H and O–H groups in total. The summed E-state index contributed by atoms with van der Waals surface area (Å²) in [5.74, 6) is -1.70. The maximum Gasteiger partial charge on any atom is 0.331 e. The van der Waals surface area contributed by atoms with E-state index < -0.39 is 24.2 Å². The van der Waals surface area contributed by atoms with Crippen LogP contribution in [-0.2, 0) is 9.53 Å². The fraction of sp³-hybridized carbons (Fsp3) is 0.158. The molecule has 0 aliphatic heterocycles. The number of carbonyl (C=O) groups is 2. The number of esters is 1. The Labute approximate surface area is 149 Å². The van der Waals surface area contributed by atoms with E-state index >= 15 is 0 Å². The second-order valence-corrected chi connectivity index (χ2v) is 5.14. The molecular formula is C19H17FO6. The van der Waals surface area contributed by atoms with E-state index in [4.69, 9.17) is 14.2 Å². The summed E-state index contributed by atoms with van der Waals surface area (Å²) in [5, 5.41) is 9.51. The van der Waals surface area contributed by atoms with Gasteiger partial charge in [0.2, 0.25) is 0 Å². The van der Waals surface area contributed by atoms with Crippen LogP contribution in [0.3, 0.4) is 0 Å². The smallest absolute Gasteiger partial charge is 0.331 e. The number of halogens is 1. The van der Waals surface area contributed by atoms with Gasteiger partial charge in [0.1, 0.15) is 0 Å². The highest BCUT2D eigenvalue weighted by Crippen LogP contribution is 2.26. The minimum atomic E-state index is -0.737. The largest absolute Gasteiger partial charge is 0.504 e. The molecule has 6 nitrogen and oxygen atoms in total. The normalized spacial score (nSPS) is 10.6. The third-order valence-corrected chi connectivity index (χ3v) is 3.43. The number of phenolic OH excluding ortho intramolecular Hbond substituents is 1. The zero-order valence-corrected chi connectivity index (χ0v) is 14.2. The highest BCUT2D eigenvalue weighted by molar-refractivity contribution is 5.99. The maximum atomic E-state index is 13.6. The van der Waals surface area contributed by atoms with Crippen molar-refractivity contribution >= 4 is 17.8 Å². The van der Waals surface area contributed by atoms with Crippen LogP contribution in [0.2, 0.25) is 0 Å². The van der Waals surface area contributed by atoms with Crippen molar-refractivity contribution < 1.29 is 33.3 Å². The summed E-state index contributed by atoms with van der Waals surface area (Å²) in [6.07, 6.45) is 2.58. The van der Waals surface area contributed by atoms with Crippen LogP contribution in [0.4, 0.5) is 4.39 Å². The number of phenols is 1. The molecule has 2 rings (SSSR count). The minimum Gasteiger partial charge on any atom is -0.504 e. The predicted octanol–water partition coefficient (Wildman–Crippen LogP) is 2.99. The molecule has 2 aromatic carbocycles. The summed E-state index contributed by atoms with van der Waals surface area (Å²) in [6, 6.07) is 8.26. The van der Waals surface area contributed by atoms with Crippen molar-refractivity contribution in [2.24, 2.45) is 0 Å². The van der Waals surface area contributed by atoms with Gasteiger partial charge in [0.25, 0.3) is 0 Å². The third kappa shape index (κ3) is 4.83. The number of hydrogen-bond donors (Lipinski definition) is 1. The summed E-state index contributed by atoms with van der Waals surface area (Å²) < 4.78 is 28.2. The van der Waals surface area contributed by atoms with Gasteiger partial charge in [-0.3, -0.25) is 4.79 Å². The molecule has 0 heterocycles. The second-order valence-electron chi connectivity index (χ2n) is 5.14. The van der Waals surface area contributed by atoms with E-state index in [1.807, 2.05) is 0 Å². The molecule has 0 aliphatic carbocycles. The Balaban J connectivity index is 1.93. The number of ketones is 1. The van der Waals surface area contributed by atoms with E-state index in [0.29, 0.717) is 5.56 Å². The standard InChI is InChI=1S/C19H17FO6/c1-24-17-7-5-13(10-14(17)20)16(22)11-26-19(23)8-4-12-3-6-15(21)18(9-12)25-2/h3-10,21H,11H2,1-2H3/b8-4+. The average Bonchev–Trinajstić information content (AvgIpc) is 2.65. The van der Waals surface area contributed by atoms with E-state index in [2.05, 4.69) is 0 Å². The molecule has 0 radical (unpaired) electrons. The maximum absolute atomic E-state index is 13.6. The van der Waals surface area contributed by atoms with E-state index in [1.54, 1.807) is 6.07 Å². The Hall–Kier alpha value is -3.35. The van der Waals surface area contributed by atoms with Crippen molar-refractivity contribution in [2.45, 2.75) is 0 Å². The van der Waals surface area contributed by atoms with E-state index in [1.165, 1.54) is 44.6 Å². The Morgan fingerprint density at radius 3 is 2.46 bits per heavy atom. The fourth-order valence-corrected chi connectivity index (χ4v) is 2.07. The van der Waals surface area contributed by atoms with E-state index in [9.17, 15) is 19.1 Å². The van der Waals surface area contributed by atoms with Gasteiger partial charge in [-0.2, -0.15) is 0 Å². The average molecular weight is 360 g/mol. The first-order chi connectivity index (χ1) is 12.4. The monoisotopic (exact) mass is 360 g/mol. The zero-order chi connectivity index (χ0) is 19.1. The molecule has 0 saturated heterocycles. The molecule has 7 heteroatoms. The van der Waals surface area contributed by atoms with Crippen LogP contribution < -0.4 is 9.47 Å². The number of methoxy groups -OCH3 is 2. The van der Waals surface area contributed by atoms with Gasteiger partial charge >= 0.3 is 5.97 Å². The number of benzene rings is 2. The van der Waals surface area contributed by atoms with Gasteiger partial charge in [-0.1, -0.05) is 6.07 Å². The molecule has 0 atom stereocenters. The van der Waals surface area contributed by atoms with E-state index in [-0.39, 0.29) is 22.8 Å². The van der Waals surface area contributed by atoms with Gasteiger partial charge < -0.3 is 19.3 Å². The quantitative estimate of drug-likeness (QED) is 0.464. The molecule has 0 fully saturated rings. The van der Waals surface area contributed by atoms with Crippen molar-refractivity contribution in [1.29, 1.82) is 0 Å². The first-order valence-electron chi connectivity index (χ1n) is 7.53. The molecule has 0 aromatic heterocycles. The lowest BCUT2D eigenvalue weighted by Crippen LogP contribution is -2.12. The third-order valence-electron chi connectivity index (χ3n) is 3.43. The Morgan fingerprint density at radius 1 is 1.08 bits per heavy atom. The Kier molecular flexibility index (Phi) is 6.32. The van der Waals surface area contributed by atoms with Crippen LogP contribution >= 0.6 is 0 Å². The number of hydrogen-bond acceptors (Lipinski definition) is 6. The van der Waals surface area contributed by atoms with Crippen LogP contribution in [0.25, 0.3) is 6.08 Å². The Morgan fingerprint density at radius 2 is 1.81 bits per heavy atom. The highest BCUT2D eigenvalue weighted by Gasteiger charge is 2.12. The highest BCUT2D eigenvalue weighted by atomic mass is 19.1. The van der Waals surface area contributed by atoms with Crippen molar-refractivity contribution in [1.82, 2.24) is 0 Å².